The van der Waals surface area contributed by atoms with Crippen LogP contribution in [0.2, 0.25) is 10.0 Å². The maximum absolute atomic E-state index is 11.7. The molecule has 1 aromatic rings. The molecule has 0 saturated carbocycles. The summed E-state index contributed by atoms with van der Waals surface area (Å²) < 4.78 is 0. The molecule has 0 saturated heterocycles. The second kappa shape index (κ2) is 7.11. The Labute approximate surface area is 121 Å². The first-order chi connectivity index (χ1) is 8.88. The summed E-state index contributed by atoms with van der Waals surface area (Å²) in [4.78, 5) is 22.4. The number of benzene rings is 1. The van der Waals surface area contributed by atoms with Gasteiger partial charge in [0.2, 0.25) is 11.8 Å². The minimum absolute atomic E-state index is 0.0548. The summed E-state index contributed by atoms with van der Waals surface area (Å²) in [7, 11) is 0. The van der Waals surface area contributed by atoms with Gasteiger partial charge in [0.05, 0.1) is 17.1 Å². The van der Waals surface area contributed by atoms with E-state index in [-0.39, 0.29) is 18.2 Å². The first-order valence-electron chi connectivity index (χ1n) is 5.43. The number of anilines is 1. The van der Waals surface area contributed by atoms with E-state index in [0.29, 0.717) is 21.4 Å². The zero-order chi connectivity index (χ0) is 14.4. The van der Waals surface area contributed by atoms with Crippen LogP contribution >= 0.6 is 23.2 Å². The predicted octanol–water partition coefficient (Wildman–Crippen LogP) is 2.83. The molecule has 7 heteroatoms. The average Bonchev–Trinajstić information content (AvgIpc) is 2.30. The van der Waals surface area contributed by atoms with Gasteiger partial charge in [0.1, 0.15) is 0 Å². The Bertz CT molecular complexity index is 530. The van der Waals surface area contributed by atoms with E-state index in [1.807, 2.05) is 0 Å². The summed E-state index contributed by atoms with van der Waals surface area (Å²) in [5, 5.41) is 7.23. The monoisotopic (exact) mass is 301 g/mol. The van der Waals surface area contributed by atoms with Crippen LogP contribution in [-0.4, -0.2) is 17.5 Å². The molecule has 0 fully saturated rings. The molecular weight excluding hydrogens is 289 g/mol. The molecular formula is C12H13Cl2N3O2. The van der Waals surface area contributed by atoms with Gasteiger partial charge in [-0.2, -0.15) is 5.10 Å². The lowest BCUT2D eigenvalue weighted by Crippen LogP contribution is -2.19. The third-order valence-corrected chi connectivity index (χ3v) is 2.57. The van der Waals surface area contributed by atoms with Crippen molar-refractivity contribution in [1.29, 1.82) is 0 Å². The third kappa shape index (κ3) is 5.72. The van der Waals surface area contributed by atoms with Crippen LogP contribution in [0, 0.1) is 0 Å². The van der Waals surface area contributed by atoms with E-state index in [2.05, 4.69) is 15.8 Å². The van der Waals surface area contributed by atoms with Crippen molar-refractivity contribution in [1.82, 2.24) is 5.43 Å². The van der Waals surface area contributed by atoms with Crippen molar-refractivity contribution in [3.8, 4) is 0 Å². The van der Waals surface area contributed by atoms with Crippen LogP contribution in [0.3, 0.4) is 0 Å². The number of nitrogens with zero attached hydrogens (tertiary/aromatic N) is 1. The normalized spacial score (nSPS) is 11.1. The topological polar surface area (TPSA) is 70.6 Å². The smallest absolute Gasteiger partial charge is 0.236 e. The molecule has 0 aromatic heterocycles. The van der Waals surface area contributed by atoms with Crippen molar-refractivity contribution < 1.29 is 9.59 Å². The second-order valence-corrected chi connectivity index (χ2v) is 4.71. The minimum atomic E-state index is -0.291. The van der Waals surface area contributed by atoms with Gasteiger partial charge in [-0.1, -0.05) is 23.2 Å². The van der Waals surface area contributed by atoms with Crippen LogP contribution in [0.1, 0.15) is 20.3 Å². The van der Waals surface area contributed by atoms with Crippen LogP contribution in [0.4, 0.5) is 5.69 Å². The molecule has 0 unspecified atom stereocenters. The number of carbonyl (C=O) groups excluding carboxylic acids is 2. The standard InChI is InChI=1S/C12H13Cl2N3O2/c1-7(16-17-8(2)18)5-12(19)15-11-4-3-9(13)6-10(11)14/h3-4,6H,5H2,1-2H3,(H,15,19)(H,17,18)/b16-7+. The fourth-order valence-corrected chi connectivity index (χ4v) is 1.69. The maximum atomic E-state index is 11.7. The molecule has 0 heterocycles. The highest BCUT2D eigenvalue weighted by Gasteiger charge is 2.08. The molecule has 0 bridgehead atoms. The number of amides is 2. The molecule has 102 valence electrons. The zero-order valence-electron chi connectivity index (χ0n) is 10.5. The molecule has 1 rings (SSSR count). The maximum Gasteiger partial charge on any atom is 0.236 e. The molecule has 2 amide bonds. The van der Waals surface area contributed by atoms with Crippen LogP contribution < -0.4 is 10.7 Å². The molecule has 0 aliphatic heterocycles. The van der Waals surface area contributed by atoms with Gasteiger partial charge in [0, 0.05) is 17.7 Å². The number of rotatable bonds is 4. The zero-order valence-corrected chi connectivity index (χ0v) is 12.0. The SMILES string of the molecule is CC(=O)N/N=C(\C)CC(=O)Nc1ccc(Cl)cc1Cl. The van der Waals surface area contributed by atoms with Gasteiger partial charge in [-0.05, 0) is 25.1 Å². The summed E-state index contributed by atoms with van der Waals surface area (Å²) in [6, 6.07) is 4.78. The fourth-order valence-electron chi connectivity index (χ4n) is 1.23. The van der Waals surface area contributed by atoms with E-state index in [0.717, 1.165) is 0 Å². The molecule has 2 N–H and O–H groups in total. The second-order valence-electron chi connectivity index (χ2n) is 3.86. The molecule has 0 atom stereocenters. The van der Waals surface area contributed by atoms with Crippen molar-refractivity contribution in [2.24, 2.45) is 5.10 Å². The molecule has 0 aliphatic carbocycles. The van der Waals surface area contributed by atoms with E-state index >= 15 is 0 Å². The lowest BCUT2D eigenvalue weighted by Gasteiger charge is -2.07. The Kier molecular flexibility index (Phi) is 5.79. The lowest BCUT2D eigenvalue weighted by atomic mass is 10.2. The van der Waals surface area contributed by atoms with Crippen molar-refractivity contribution >= 4 is 46.4 Å². The Morgan fingerprint density at radius 1 is 1.26 bits per heavy atom. The Balaban J connectivity index is 2.60. The fraction of sp³-hybridized carbons (Fsp3) is 0.250. The van der Waals surface area contributed by atoms with E-state index in [4.69, 9.17) is 23.2 Å². The van der Waals surface area contributed by atoms with E-state index < -0.39 is 0 Å². The van der Waals surface area contributed by atoms with Crippen LogP contribution in [0.25, 0.3) is 0 Å². The molecule has 5 nitrogen and oxygen atoms in total. The predicted molar refractivity (Wildman–Crippen MR) is 76.6 cm³/mol. The summed E-state index contributed by atoms with van der Waals surface area (Å²) in [6.45, 7) is 2.98. The van der Waals surface area contributed by atoms with E-state index in [9.17, 15) is 9.59 Å². The Hall–Kier alpha value is -1.59. The van der Waals surface area contributed by atoms with Gasteiger partial charge < -0.3 is 5.32 Å². The number of hydrogen-bond donors (Lipinski definition) is 2. The highest BCUT2D eigenvalue weighted by molar-refractivity contribution is 6.36. The van der Waals surface area contributed by atoms with Crippen molar-refractivity contribution in [3.05, 3.63) is 28.2 Å². The molecule has 0 spiro atoms. The van der Waals surface area contributed by atoms with Gasteiger partial charge in [-0.3, -0.25) is 9.59 Å². The third-order valence-electron chi connectivity index (χ3n) is 2.03. The van der Waals surface area contributed by atoms with Gasteiger partial charge in [-0.15, -0.1) is 0 Å². The number of halogens is 2. The first-order valence-corrected chi connectivity index (χ1v) is 6.18. The van der Waals surface area contributed by atoms with Crippen molar-refractivity contribution in [2.45, 2.75) is 20.3 Å². The number of nitrogens with one attached hydrogen (secondary N) is 2. The summed E-state index contributed by atoms with van der Waals surface area (Å²) in [5.41, 5.74) is 3.22. The Morgan fingerprint density at radius 3 is 2.53 bits per heavy atom. The minimum Gasteiger partial charge on any atom is -0.324 e. The van der Waals surface area contributed by atoms with E-state index in [1.54, 1.807) is 19.1 Å². The summed E-state index contributed by atoms with van der Waals surface area (Å²) in [6.07, 6.45) is 0.0548. The van der Waals surface area contributed by atoms with Crippen LogP contribution in [0.15, 0.2) is 23.3 Å². The van der Waals surface area contributed by atoms with Gasteiger partial charge in [-0.25, -0.2) is 5.43 Å². The van der Waals surface area contributed by atoms with Gasteiger partial charge >= 0.3 is 0 Å². The van der Waals surface area contributed by atoms with Gasteiger partial charge in [0.15, 0.2) is 0 Å². The highest BCUT2D eigenvalue weighted by Crippen LogP contribution is 2.25. The number of hydrogen-bond acceptors (Lipinski definition) is 3. The summed E-state index contributed by atoms with van der Waals surface area (Å²) >= 11 is 11.7. The lowest BCUT2D eigenvalue weighted by molar-refractivity contribution is -0.119. The molecule has 0 aliphatic rings. The number of hydrazone groups is 1. The van der Waals surface area contributed by atoms with Crippen molar-refractivity contribution in [2.75, 3.05) is 5.32 Å². The van der Waals surface area contributed by atoms with Crippen LogP contribution in [-0.2, 0) is 9.59 Å². The number of carbonyl (C=O) groups is 2. The Morgan fingerprint density at radius 2 is 1.95 bits per heavy atom. The average molecular weight is 302 g/mol. The largest absolute Gasteiger partial charge is 0.324 e. The van der Waals surface area contributed by atoms with E-state index in [1.165, 1.54) is 13.0 Å². The molecule has 19 heavy (non-hydrogen) atoms. The quantitative estimate of drug-likeness (QED) is 0.663. The van der Waals surface area contributed by atoms with Crippen LogP contribution in [0.5, 0.6) is 0 Å². The first kappa shape index (κ1) is 15.5. The molecule has 0 radical (unpaired) electrons. The highest BCUT2D eigenvalue weighted by atomic mass is 35.5. The van der Waals surface area contributed by atoms with Crippen molar-refractivity contribution in [3.63, 3.8) is 0 Å². The van der Waals surface area contributed by atoms with Gasteiger partial charge in [0.25, 0.3) is 0 Å². The summed E-state index contributed by atoms with van der Waals surface area (Å²) in [5.74, 6) is -0.573. The molecule has 1 aromatic carbocycles.